The Balaban J connectivity index is 1.90. The molecular formula is C15H21N7. The number of aromatic nitrogens is 6. The van der Waals surface area contributed by atoms with Crippen LogP contribution in [-0.2, 0) is 5.54 Å². The second-order valence-electron chi connectivity index (χ2n) is 6.47. The van der Waals surface area contributed by atoms with Gasteiger partial charge >= 0.3 is 0 Å². The number of aromatic amines is 1. The molecule has 0 saturated heterocycles. The number of nitrogens with one attached hydrogen (secondary N) is 2. The van der Waals surface area contributed by atoms with Crippen LogP contribution < -0.4 is 5.32 Å². The molecule has 0 fully saturated rings. The number of hydrogen-bond acceptors (Lipinski definition) is 5. The standard InChI is InChI=1S/C15H21N7/c1-9(11-6-22(15(3,4)5)21-10(11)2)20-14-12-13(17-7-16-12)18-8-19-14/h6-9H,1-5H3,(H2,16,17,18,19,20). The zero-order valence-corrected chi connectivity index (χ0v) is 13.5. The van der Waals surface area contributed by atoms with E-state index in [4.69, 9.17) is 0 Å². The molecule has 116 valence electrons. The lowest BCUT2D eigenvalue weighted by Gasteiger charge is -2.19. The Kier molecular flexibility index (Phi) is 3.35. The molecule has 0 bridgehead atoms. The first-order valence-corrected chi connectivity index (χ1v) is 7.33. The van der Waals surface area contributed by atoms with E-state index in [0.717, 1.165) is 22.6 Å². The van der Waals surface area contributed by atoms with E-state index in [2.05, 4.69) is 64.2 Å². The second-order valence-corrected chi connectivity index (χ2v) is 6.47. The van der Waals surface area contributed by atoms with E-state index in [1.54, 1.807) is 6.33 Å². The molecule has 7 nitrogen and oxygen atoms in total. The van der Waals surface area contributed by atoms with Crippen LogP contribution in [0.3, 0.4) is 0 Å². The van der Waals surface area contributed by atoms with Gasteiger partial charge in [0.25, 0.3) is 0 Å². The monoisotopic (exact) mass is 299 g/mol. The molecule has 3 aromatic heterocycles. The van der Waals surface area contributed by atoms with Crippen molar-refractivity contribution < 1.29 is 0 Å². The molecule has 0 aliphatic rings. The molecule has 22 heavy (non-hydrogen) atoms. The summed E-state index contributed by atoms with van der Waals surface area (Å²) in [6.07, 6.45) is 5.24. The van der Waals surface area contributed by atoms with Crippen LogP contribution in [0.2, 0.25) is 0 Å². The Morgan fingerprint density at radius 3 is 2.68 bits per heavy atom. The molecule has 1 unspecified atom stereocenters. The van der Waals surface area contributed by atoms with Crippen molar-refractivity contribution >= 4 is 17.0 Å². The van der Waals surface area contributed by atoms with E-state index in [9.17, 15) is 0 Å². The Labute approximate surface area is 129 Å². The van der Waals surface area contributed by atoms with Gasteiger partial charge in [-0.25, -0.2) is 15.0 Å². The van der Waals surface area contributed by atoms with Gasteiger partial charge in [0.2, 0.25) is 0 Å². The average molecular weight is 299 g/mol. The van der Waals surface area contributed by atoms with Crippen molar-refractivity contribution in [2.75, 3.05) is 5.32 Å². The van der Waals surface area contributed by atoms with Crippen molar-refractivity contribution in [1.82, 2.24) is 29.7 Å². The number of imidazole rings is 1. The van der Waals surface area contributed by atoms with E-state index in [0.29, 0.717) is 5.65 Å². The Bertz CT molecular complexity index is 794. The highest BCUT2D eigenvalue weighted by atomic mass is 15.3. The number of fused-ring (bicyclic) bond motifs is 1. The Morgan fingerprint density at radius 2 is 2.00 bits per heavy atom. The normalized spacial score (nSPS) is 13.5. The topological polar surface area (TPSA) is 84.3 Å². The van der Waals surface area contributed by atoms with E-state index >= 15 is 0 Å². The minimum atomic E-state index is -0.0334. The fourth-order valence-electron chi connectivity index (χ4n) is 2.40. The summed E-state index contributed by atoms with van der Waals surface area (Å²) in [5.74, 6) is 0.748. The van der Waals surface area contributed by atoms with Gasteiger partial charge in [-0.15, -0.1) is 0 Å². The summed E-state index contributed by atoms with van der Waals surface area (Å²) < 4.78 is 2.00. The number of H-pyrrole nitrogens is 1. The van der Waals surface area contributed by atoms with Crippen molar-refractivity contribution in [2.45, 2.75) is 46.2 Å². The van der Waals surface area contributed by atoms with E-state index in [1.807, 2.05) is 11.6 Å². The molecule has 3 aromatic rings. The van der Waals surface area contributed by atoms with Crippen molar-refractivity contribution in [2.24, 2.45) is 0 Å². The largest absolute Gasteiger partial charge is 0.362 e. The van der Waals surface area contributed by atoms with Crippen LogP contribution >= 0.6 is 0 Å². The number of aryl methyl sites for hydroxylation is 1. The van der Waals surface area contributed by atoms with Crippen molar-refractivity contribution in [3.05, 3.63) is 30.1 Å². The van der Waals surface area contributed by atoms with Crippen molar-refractivity contribution in [1.29, 1.82) is 0 Å². The van der Waals surface area contributed by atoms with Gasteiger partial charge in [0, 0.05) is 11.8 Å². The van der Waals surface area contributed by atoms with Gasteiger partial charge in [0.1, 0.15) is 11.8 Å². The van der Waals surface area contributed by atoms with E-state index in [-0.39, 0.29) is 11.6 Å². The maximum absolute atomic E-state index is 4.62. The molecule has 0 amide bonds. The molecule has 3 heterocycles. The number of hydrogen-bond donors (Lipinski definition) is 2. The number of nitrogens with zero attached hydrogens (tertiary/aromatic N) is 5. The first-order valence-electron chi connectivity index (χ1n) is 7.33. The average Bonchev–Trinajstić information content (AvgIpc) is 3.04. The minimum Gasteiger partial charge on any atom is -0.362 e. The summed E-state index contributed by atoms with van der Waals surface area (Å²) >= 11 is 0. The third kappa shape index (κ3) is 2.54. The maximum Gasteiger partial charge on any atom is 0.182 e. The molecule has 0 aliphatic carbocycles. The van der Waals surface area contributed by atoms with Crippen molar-refractivity contribution in [3.8, 4) is 0 Å². The van der Waals surface area contributed by atoms with Gasteiger partial charge in [-0.05, 0) is 34.6 Å². The molecule has 1 atom stereocenters. The second kappa shape index (κ2) is 5.08. The lowest BCUT2D eigenvalue weighted by Crippen LogP contribution is -2.22. The third-order valence-corrected chi connectivity index (χ3v) is 3.67. The first kappa shape index (κ1) is 14.5. The maximum atomic E-state index is 4.62. The molecule has 0 radical (unpaired) electrons. The SMILES string of the molecule is Cc1nn(C(C)(C)C)cc1C(C)Nc1ncnc2nc[nH]c12. The van der Waals surface area contributed by atoms with Crippen LogP contribution in [0.1, 0.15) is 45.0 Å². The fourth-order valence-corrected chi connectivity index (χ4v) is 2.40. The van der Waals surface area contributed by atoms with E-state index in [1.165, 1.54) is 6.33 Å². The molecule has 3 rings (SSSR count). The molecule has 0 aromatic carbocycles. The van der Waals surface area contributed by atoms with Gasteiger partial charge in [0.05, 0.1) is 23.6 Å². The van der Waals surface area contributed by atoms with Gasteiger partial charge in [-0.1, -0.05) is 0 Å². The molecule has 2 N–H and O–H groups in total. The lowest BCUT2D eigenvalue weighted by molar-refractivity contribution is 0.354. The summed E-state index contributed by atoms with van der Waals surface area (Å²) in [4.78, 5) is 15.7. The van der Waals surface area contributed by atoms with Crippen LogP contribution in [0.5, 0.6) is 0 Å². The first-order chi connectivity index (χ1) is 10.4. The van der Waals surface area contributed by atoms with Crippen LogP contribution in [0.15, 0.2) is 18.9 Å². The summed E-state index contributed by atoms with van der Waals surface area (Å²) in [7, 11) is 0. The highest BCUT2D eigenvalue weighted by molar-refractivity contribution is 5.82. The van der Waals surface area contributed by atoms with Crippen LogP contribution in [-0.4, -0.2) is 29.7 Å². The predicted molar refractivity (Wildman–Crippen MR) is 85.7 cm³/mol. The molecule has 0 spiro atoms. The Hall–Kier alpha value is -2.44. The Morgan fingerprint density at radius 1 is 1.23 bits per heavy atom. The van der Waals surface area contributed by atoms with Crippen LogP contribution in [0, 0.1) is 6.92 Å². The fraction of sp³-hybridized carbons (Fsp3) is 0.467. The lowest BCUT2D eigenvalue weighted by atomic mass is 10.1. The van der Waals surface area contributed by atoms with E-state index < -0.39 is 0 Å². The van der Waals surface area contributed by atoms with Gasteiger partial charge in [-0.3, -0.25) is 4.68 Å². The summed E-state index contributed by atoms with van der Waals surface area (Å²) in [6, 6.07) is 0.0810. The van der Waals surface area contributed by atoms with Crippen molar-refractivity contribution in [3.63, 3.8) is 0 Å². The quantitative estimate of drug-likeness (QED) is 0.777. The molecule has 0 aliphatic heterocycles. The number of rotatable bonds is 3. The molecular weight excluding hydrogens is 278 g/mol. The summed E-state index contributed by atoms with van der Waals surface area (Å²) in [5, 5.41) is 8.04. The van der Waals surface area contributed by atoms with Gasteiger partial charge in [-0.2, -0.15) is 5.10 Å². The third-order valence-electron chi connectivity index (χ3n) is 3.67. The molecule has 7 heteroatoms. The number of anilines is 1. The summed E-state index contributed by atoms with van der Waals surface area (Å²) in [6.45, 7) is 10.5. The molecule has 0 saturated carbocycles. The van der Waals surface area contributed by atoms with Crippen LogP contribution in [0.4, 0.5) is 5.82 Å². The highest BCUT2D eigenvalue weighted by Crippen LogP contribution is 2.25. The van der Waals surface area contributed by atoms with Gasteiger partial charge < -0.3 is 10.3 Å². The van der Waals surface area contributed by atoms with Crippen LogP contribution in [0.25, 0.3) is 11.2 Å². The zero-order valence-electron chi connectivity index (χ0n) is 13.5. The zero-order chi connectivity index (χ0) is 15.9. The predicted octanol–water partition coefficient (Wildman–Crippen LogP) is 2.79. The highest BCUT2D eigenvalue weighted by Gasteiger charge is 2.20. The van der Waals surface area contributed by atoms with Gasteiger partial charge in [0.15, 0.2) is 11.5 Å². The minimum absolute atomic E-state index is 0.0334. The smallest absolute Gasteiger partial charge is 0.182 e. The summed E-state index contributed by atoms with van der Waals surface area (Å²) in [5.41, 5.74) is 3.61.